The second-order valence-corrected chi connectivity index (χ2v) is 7.17. The number of rotatable bonds is 5. The predicted octanol–water partition coefficient (Wildman–Crippen LogP) is 4.52. The van der Waals surface area contributed by atoms with Crippen LogP contribution in [0.15, 0.2) is 71.2 Å². The first kappa shape index (κ1) is 18.5. The lowest BCUT2D eigenvalue weighted by molar-refractivity contribution is -0.0887. The molecule has 4 rings (SSSR count). The topological polar surface area (TPSA) is 49.3 Å². The lowest BCUT2D eigenvalue weighted by atomic mass is 9.91. The van der Waals surface area contributed by atoms with Crippen LogP contribution in [0, 0.1) is 11.8 Å². The summed E-state index contributed by atoms with van der Waals surface area (Å²) in [6.07, 6.45) is 9.71. The monoisotopic (exact) mass is 386 g/mol. The Hall–Kier alpha value is -2.83. The Kier molecular flexibility index (Phi) is 5.07. The van der Waals surface area contributed by atoms with Crippen molar-refractivity contribution >= 4 is 11.7 Å². The molecular formula is C21H21F3N4. The summed E-state index contributed by atoms with van der Waals surface area (Å²) in [5.74, 6) is 2.09. The van der Waals surface area contributed by atoms with Gasteiger partial charge in [-0.15, -0.1) is 0 Å². The van der Waals surface area contributed by atoms with Crippen LogP contribution in [0.2, 0.25) is 0 Å². The lowest BCUT2D eigenvalue weighted by Gasteiger charge is -2.19. The van der Waals surface area contributed by atoms with E-state index in [1.165, 1.54) is 11.6 Å². The minimum atomic E-state index is -4.27. The van der Waals surface area contributed by atoms with Crippen LogP contribution in [0.1, 0.15) is 18.4 Å². The van der Waals surface area contributed by atoms with Crippen molar-refractivity contribution in [1.82, 2.24) is 10.3 Å². The highest BCUT2D eigenvalue weighted by molar-refractivity contribution is 5.91. The van der Waals surface area contributed by atoms with Crippen molar-refractivity contribution in [2.24, 2.45) is 16.8 Å². The average molecular weight is 386 g/mol. The third-order valence-corrected chi connectivity index (χ3v) is 5.16. The second kappa shape index (κ2) is 7.66. The molecule has 3 aliphatic rings. The molecule has 0 aromatic carbocycles. The van der Waals surface area contributed by atoms with Gasteiger partial charge in [0, 0.05) is 24.9 Å². The Morgan fingerprint density at radius 3 is 2.82 bits per heavy atom. The number of allylic oxidation sites excluding steroid dienone is 4. The third-order valence-electron chi connectivity index (χ3n) is 5.16. The molecule has 0 bridgehead atoms. The fourth-order valence-corrected chi connectivity index (χ4v) is 3.56. The molecule has 1 aromatic rings. The van der Waals surface area contributed by atoms with Crippen LogP contribution in [0.25, 0.3) is 0 Å². The summed E-state index contributed by atoms with van der Waals surface area (Å²) in [6.45, 7) is 0.549. The lowest BCUT2D eigenvalue weighted by Crippen LogP contribution is -2.28. The molecule has 0 spiro atoms. The van der Waals surface area contributed by atoms with Crippen molar-refractivity contribution in [1.29, 1.82) is 0 Å². The zero-order valence-electron chi connectivity index (χ0n) is 15.2. The number of alkyl halides is 3. The van der Waals surface area contributed by atoms with Gasteiger partial charge < -0.3 is 10.6 Å². The predicted molar refractivity (Wildman–Crippen MR) is 104 cm³/mol. The number of nitrogens with zero attached hydrogens (tertiary/aromatic N) is 2. The van der Waals surface area contributed by atoms with E-state index in [2.05, 4.69) is 26.7 Å². The number of hydrogen-bond donors (Lipinski definition) is 2. The number of anilines is 1. The van der Waals surface area contributed by atoms with Crippen LogP contribution < -0.4 is 10.6 Å². The van der Waals surface area contributed by atoms with E-state index in [-0.39, 0.29) is 5.92 Å². The summed E-state index contributed by atoms with van der Waals surface area (Å²) in [7, 11) is 0. The maximum atomic E-state index is 12.6. The van der Waals surface area contributed by atoms with Crippen LogP contribution in [-0.4, -0.2) is 23.5 Å². The van der Waals surface area contributed by atoms with Gasteiger partial charge in [0.1, 0.15) is 11.7 Å². The molecule has 0 fully saturated rings. The summed E-state index contributed by atoms with van der Waals surface area (Å²) in [5.41, 5.74) is 1.82. The molecule has 146 valence electrons. The van der Waals surface area contributed by atoms with Crippen molar-refractivity contribution in [2.45, 2.75) is 25.4 Å². The number of amidine groups is 1. The number of nitrogens with one attached hydrogen (secondary N) is 2. The van der Waals surface area contributed by atoms with Gasteiger partial charge in [-0.25, -0.2) is 9.98 Å². The van der Waals surface area contributed by atoms with Crippen molar-refractivity contribution in [3.63, 3.8) is 0 Å². The normalized spacial score (nSPS) is 23.5. The van der Waals surface area contributed by atoms with Gasteiger partial charge in [-0.3, -0.25) is 0 Å². The third kappa shape index (κ3) is 4.18. The molecule has 4 nitrogen and oxygen atoms in total. The summed E-state index contributed by atoms with van der Waals surface area (Å²) >= 11 is 0. The van der Waals surface area contributed by atoms with Crippen LogP contribution in [-0.2, 0) is 6.42 Å². The minimum Gasteiger partial charge on any atom is -0.369 e. The van der Waals surface area contributed by atoms with E-state index < -0.39 is 11.7 Å². The maximum Gasteiger partial charge on any atom is 0.416 e. The van der Waals surface area contributed by atoms with Crippen molar-refractivity contribution in [3.05, 3.63) is 71.7 Å². The minimum absolute atomic E-state index is 0.0265. The fourth-order valence-electron chi connectivity index (χ4n) is 3.56. The summed E-state index contributed by atoms with van der Waals surface area (Å²) < 4.78 is 37.9. The van der Waals surface area contributed by atoms with Gasteiger partial charge in [0.25, 0.3) is 0 Å². The molecule has 2 N–H and O–H groups in total. The molecule has 0 saturated carbocycles. The van der Waals surface area contributed by atoms with E-state index in [4.69, 9.17) is 0 Å². The van der Waals surface area contributed by atoms with Gasteiger partial charge >= 0.3 is 6.18 Å². The highest BCUT2D eigenvalue weighted by Crippen LogP contribution is 2.31. The summed E-state index contributed by atoms with van der Waals surface area (Å²) in [6, 6.07) is 3.94. The molecule has 0 radical (unpaired) electrons. The summed E-state index contributed by atoms with van der Waals surface area (Å²) in [4.78, 5) is 8.87. The van der Waals surface area contributed by atoms with Crippen molar-refractivity contribution in [3.8, 4) is 0 Å². The highest BCUT2D eigenvalue weighted by Gasteiger charge is 2.32. The van der Waals surface area contributed by atoms with Gasteiger partial charge in [-0.05, 0) is 48.6 Å². The van der Waals surface area contributed by atoms with E-state index in [1.54, 1.807) is 6.08 Å². The largest absolute Gasteiger partial charge is 0.416 e. The molecule has 7 heteroatoms. The van der Waals surface area contributed by atoms with Crippen LogP contribution in [0.5, 0.6) is 0 Å². The van der Waals surface area contributed by atoms with E-state index >= 15 is 0 Å². The van der Waals surface area contributed by atoms with Crippen LogP contribution >= 0.6 is 0 Å². The van der Waals surface area contributed by atoms with Gasteiger partial charge in [0.2, 0.25) is 0 Å². The van der Waals surface area contributed by atoms with E-state index in [0.29, 0.717) is 18.9 Å². The average Bonchev–Trinajstić information content (AvgIpc) is 3.10. The number of fused-ring (bicyclic) bond motifs is 1. The molecule has 1 aliphatic carbocycles. The van der Waals surface area contributed by atoms with E-state index in [0.717, 1.165) is 36.1 Å². The second-order valence-electron chi connectivity index (χ2n) is 7.17. The smallest absolute Gasteiger partial charge is 0.369 e. The van der Waals surface area contributed by atoms with Gasteiger partial charge in [-0.1, -0.05) is 30.4 Å². The van der Waals surface area contributed by atoms with Crippen LogP contribution in [0.4, 0.5) is 19.0 Å². The molecule has 28 heavy (non-hydrogen) atoms. The number of aromatic nitrogens is 1. The molecule has 0 amide bonds. The Labute approximate surface area is 161 Å². The SMILES string of the molecule is FC(F)(F)C1=CCC(CNc2ccc(CC3=CN=C4NC=CCC34)cn2)C=C1. The number of pyridine rings is 1. The first-order valence-electron chi connectivity index (χ1n) is 9.31. The van der Waals surface area contributed by atoms with Gasteiger partial charge in [0.15, 0.2) is 0 Å². The molecule has 2 atom stereocenters. The summed E-state index contributed by atoms with van der Waals surface area (Å²) in [5, 5.41) is 6.39. The number of hydrogen-bond acceptors (Lipinski definition) is 4. The van der Waals surface area contributed by atoms with Gasteiger partial charge in [0.05, 0.1) is 5.57 Å². The first-order valence-corrected chi connectivity index (χ1v) is 9.31. The molecule has 2 aliphatic heterocycles. The fraction of sp³-hybridized carbons (Fsp3) is 0.333. The Balaban J connectivity index is 1.27. The molecule has 1 aromatic heterocycles. The molecule has 3 heterocycles. The van der Waals surface area contributed by atoms with Crippen molar-refractivity contribution < 1.29 is 13.2 Å². The van der Waals surface area contributed by atoms with E-state index in [1.807, 2.05) is 30.7 Å². The number of halogens is 3. The molecular weight excluding hydrogens is 365 g/mol. The van der Waals surface area contributed by atoms with Crippen LogP contribution in [0.3, 0.4) is 0 Å². The Bertz CT molecular complexity index is 876. The maximum absolute atomic E-state index is 12.6. The zero-order chi connectivity index (χ0) is 19.6. The van der Waals surface area contributed by atoms with E-state index in [9.17, 15) is 13.2 Å². The highest BCUT2D eigenvalue weighted by atomic mass is 19.4. The molecule has 2 unspecified atom stereocenters. The number of aliphatic imine (C=N–C) groups is 1. The quantitative estimate of drug-likeness (QED) is 0.782. The first-order chi connectivity index (χ1) is 13.5. The standard InChI is InChI=1S/C21H21F3N4/c22-21(23,24)17-6-3-14(4-7-17)11-26-19-8-5-15(12-27-19)10-16-13-28-20-18(16)2-1-9-25-20/h1,3,5-9,12-14,18H,2,4,10-11H2,(H,25,28)(H,26,27). The Morgan fingerprint density at radius 1 is 1.21 bits per heavy atom. The van der Waals surface area contributed by atoms with Crippen molar-refractivity contribution in [2.75, 3.05) is 11.9 Å². The Morgan fingerprint density at radius 2 is 2.11 bits per heavy atom. The van der Waals surface area contributed by atoms with Gasteiger partial charge in [-0.2, -0.15) is 13.2 Å². The zero-order valence-corrected chi connectivity index (χ0v) is 15.2. The molecule has 0 saturated heterocycles.